The first-order valence-corrected chi connectivity index (χ1v) is 5.81. The molecule has 3 N–H and O–H groups in total. The summed E-state index contributed by atoms with van der Waals surface area (Å²) in [6.07, 6.45) is 2.44. The maximum absolute atomic E-state index is 11.8. The summed E-state index contributed by atoms with van der Waals surface area (Å²) in [6.45, 7) is 0.625. The van der Waals surface area contributed by atoms with Gasteiger partial charge in [-0.15, -0.1) is 0 Å². The SMILES string of the molecule is NCCc1ccc(NC(=O)c2ccccn2)cc1. The summed E-state index contributed by atoms with van der Waals surface area (Å²) >= 11 is 0. The lowest BCUT2D eigenvalue weighted by atomic mass is 10.1. The standard InChI is InChI=1S/C14H15N3O/c15-9-8-11-4-6-12(7-5-11)17-14(18)13-3-1-2-10-16-13/h1-7,10H,8-9,15H2,(H,17,18). The van der Waals surface area contributed by atoms with Crippen LogP contribution in [0.3, 0.4) is 0 Å². The lowest BCUT2D eigenvalue weighted by Crippen LogP contribution is -2.13. The van der Waals surface area contributed by atoms with Crippen LogP contribution in [-0.4, -0.2) is 17.4 Å². The molecule has 2 rings (SSSR count). The molecule has 1 aromatic carbocycles. The van der Waals surface area contributed by atoms with Gasteiger partial charge in [-0.05, 0) is 42.8 Å². The monoisotopic (exact) mass is 241 g/mol. The van der Waals surface area contributed by atoms with Crippen LogP contribution in [0, 0.1) is 0 Å². The molecule has 0 atom stereocenters. The predicted octanol–water partition coefficient (Wildman–Crippen LogP) is 1.84. The Morgan fingerprint density at radius 3 is 2.56 bits per heavy atom. The van der Waals surface area contributed by atoms with Crippen LogP contribution < -0.4 is 11.1 Å². The molecule has 92 valence electrons. The molecule has 2 aromatic rings. The second-order valence-electron chi connectivity index (χ2n) is 3.90. The first kappa shape index (κ1) is 12.3. The van der Waals surface area contributed by atoms with Crippen LogP contribution in [0.2, 0.25) is 0 Å². The number of hydrogen-bond acceptors (Lipinski definition) is 3. The molecule has 1 amide bonds. The maximum atomic E-state index is 11.8. The summed E-state index contributed by atoms with van der Waals surface area (Å²) in [5.41, 5.74) is 7.80. The predicted molar refractivity (Wildman–Crippen MR) is 71.4 cm³/mol. The highest BCUT2D eigenvalue weighted by Gasteiger charge is 2.06. The number of nitrogens with zero attached hydrogens (tertiary/aromatic N) is 1. The minimum Gasteiger partial charge on any atom is -0.330 e. The lowest BCUT2D eigenvalue weighted by molar-refractivity contribution is 0.102. The molecule has 0 unspecified atom stereocenters. The van der Waals surface area contributed by atoms with E-state index in [4.69, 9.17) is 5.73 Å². The van der Waals surface area contributed by atoms with E-state index in [0.29, 0.717) is 12.2 Å². The molecule has 0 saturated carbocycles. The summed E-state index contributed by atoms with van der Waals surface area (Å²) in [7, 11) is 0. The van der Waals surface area contributed by atoms with Crippen molar-refractivity contribution in [2.24, 2.45) is 5.73 Å². The Balaban J connectivity index is 2.03. The van der Waals surface area contributed by atoms with Gasteiger partial charge in [-0.1, -0.05) is 18.2 Å². The third-order valence-corrected chi connectivity index (χ3v) is 2.54. The molecule has 4 nitrogen and oxygen atoms in total. The second-order valence-corrected chi connectivity index (χ2v) is 3.90. The van der Waals surface area contributed by atoms with E-state index in [1.165, 1.54) is 0 Å². The van der Waals surface area contributed by atoms with Crippen LogP contribution in [0.4, 0.5) is 5.69 Å². The summed E-state index contributed by atoms with van der Waals surface area (Å²) < 4.78 is 0. The first-order chi connectivity index (χ1) is 8.79. The van der Waals surface area contributed by atoms with E-state index >= 15 is 0 Å². The fraction of sp³-hybridized carbons (Fsp3) is 0.143. The number of amides is 1. The van der Waals surface area contributed by atoms with Gasteiger partial charge in [0.1, 0.15) is 5.69 Å². The second kappa shape index (κ2) is 5.93. The van der Waals surface area contributed by atoms with Gasteiger partial charge in [0.25, 0.3) is 5.91 Å². The molecule has 0 spiro atoms. The number of pyridine rings is 1. The quantitative estimate of drug-likeness (QED) is 0.858. The smallest absolute Gasteiger partial charge is 0.274 e. The molecule has 0 bridgehead atoms. The van der Waals surface area contributed by atoms with E-state index < -0.39 is 0 Å². The zero-order chi connectivity index (χ0) is 12.8. The number of anilines is 1. The van der Waals surface area contributed by atoms with Crippen molar-refractivity contribution >= 4 is 11.6 Å². The third-order valence-electron chi connectivity index (χ3n) is 2.54. The lowest BCUT2D eigenvalue weighted by Gasteiger charge is -2.05. The van der Waals surface area contributed by atoms with E-state index in [9.17, 15) is 4.79 Å². The van der Waals surface area contributed by atoms with Crippen LogP contribution in [0.15, 0.2) is 48.7 Å². The summed E-state index contributed by atoms with van der Waals surface area (Å²) in [4.78, 5) is 15.8. The number of hydrogen-bond donors (Lipinski definition) is 2. The van der Waals surface area contributed by atoms with Crippen LogP contribution >= 0.6 is 0 Å². The van der Waals surface area contributed by atoms with Crippen LogP contribution in [-0.2, 0) is 6.42 Å². The van der Waals surface area contributed by atoms with Gasteiger partial charge in [0.15, 0.2) is 0 Å². The van der Waals surface area contributed by atoms with Gasteiger partial charge >= 0.3 is 0 Å². The van der Waals surface area contributed by atoms with Crippen LogP contribution in [0.1, 0.15) is 16.1 Å². The van der Waals surface area contributed by atoms with Gasteiger partial charge in [0.2, 0.25) is 0 Å². The minimum absolute atomic E-state index is 0.206. The van der Waals surface area contributed by atoms with Crippen molar-refractivity contribution in [3.05, 3.63) is 59.9 Å². The summed E-state index contributed by atoms with van der Waals surface area (Å²) in [5.74, 6) is -0.206. The molecule has 0 saturated heterocycles. The van der Waals surface area contributed by atoms with Gasteiger partial charge in [0, 0.05) is 11.9 Å². The van der Waals surface area contributed by atoms with Gasteiger partial charge in [-0.3, -0.25) is 9.78 Å². The van der Waals surface area contributed by atoms with Crippen molar-refractivity contribution in [3.63, 3.8) is 0 Å². The summed E-state index contributed by atoms with van der Waals surface area (Å²) in [5, 5.41) is 2.79. The van der Waals surface area contributed by atoms with Crippen LogP contribution in [0.25, 0.3) is 0 Å². The van der Waals surface area contributed by atoms with E-state index in [0.717, 1.165) is 17.7 Å². The van der Waals surface area contributed by atoms with Crippen molar-refractivity contribution < 1.29 is 4.79 Å². The third kappa shape index (κ3) is 3.15. The highest BCUT2D eigenvalue weighted by atomic mass is 16.1. The van der Waals surface area contributed by atoms with Crippen molar-refractivity contribution in [2.45, 2.75) is 6.42 Å². The number of rotatable bonds is 4. The molecule has 0 aliphatic rings. The molecule has 0 aliphatic heterocycles. The molecule has 18 heavy (non-hydrogen) atoms. The van der Waals surface area contributed by atoms with Gasteiger partial charge < -0.3 is 11.1 Å². The van der Waals surface area contributed by atoms with Crippen molar-refractivity contribution in [1.82, 2.24) is 4.98 Å². The minimum atomic E-state index is -0.206. The normalized spacial score (nSPS) is 10.1. The Morgan fingerprint density at radius 2 is 1.94 bits per heavy atom. The highest BCUT2D eigenvalue weighted by Crippen LogP contribution is 2.10. The number of carbonyl (C=O) groups is 1. The van der Waals surface area contributed by atoms with Gasteiger partial charge in [0.05, 0.1) is 0 Å². The zero-order valence-electron chi connectivity index (χ0n) is 9.97. The highest BCUT2D eigenvalue weighted by molar-refractivity contribution is 6.02. The number of benzene rings is 1. The fourth-order valence-electron chi connectivity index (χ4n) is 1.61. The topological polar surface area (TPSA) is 68.0 Å². The Kier molecular flexibility index (Phi) is 4.04. The average molecular weight is 241 g/mol. The van der Waals surface area contributed by atoms with Crippen molar-refractivity contribution in [3.8, 4) is 0 Å². The largest absolute Gasteiger partial charge is 0.330 e. The molecule has 1 heterocycles. The summed E-state index contributed by atoms with van der Waals surface area (Å²) in [6, 6.07) is 12.9. The average Bonchev–Trinajstić information content (AvgIpc) is 2.42. The molecule has 0 fully saturated rings. The van der Waals surface area contributed by atoms with E-state index in [-0.39, 0.29) is 5.91 Å². The Hall–Kier alpha value is -2.20. The Bertz CT molecular complexity index is 508. The number of nitrogens with one attached hydrogen (secondary N) is 1. The zero-order valence-corrected chi connectivity index (χ0v) is 9.97. The Morgan fingerprint density at radius 1 is 1.17 bits per heavy atom. The molecule has 4 heteroatoms. The fourth-order valence-corrected chi connectivity index (χ4v) is 1.61. The molecule has 0 aliphatic carbocycles. The van der Waals surface area contributed by atoms with Gasteiger partial charge in [-0.25, -0.2) is 0 Å². The van der Waals surface area contributed by atoms with Crippen molar-refractivity contribution in [1.29, 1.82) is 0 Å². The van der Waals surface area contributed by atoms with E-state index in [1.807, 2.05) is 24.3 Å². The van der Waals surface area contributed by atoms with E-state index in [2.05, 4.69) is 10.3 Å². The number of nitrogens with two attached hydrogens (primary N) is 1. The van der Waals surface area contributed by atoms with Crippen molar-refractivity contribution in [2.75, 3.05) is 11.9 Å². The van der Waals surface area contributed by atoms with Gasteiger partial charge in [-0.2, -0.15) is 0 Å². The Labute approximate surface area is 106 Å². The molecular formula is C14H15N3O. The molecular weight excluding hydrogens is 226 g/mol. The molecule has 0 radical (unpaired) electrons. The number of carbonyl (C=O) groups excluding carboxylic acids is 1. The maximum Gasteiger partial charge on any atom is 0.274 e. The van der Waals surface area contributed by atoms with E-state index in [1.54, 1.807) is 24.4 Å². The van der Waals surface area contributed by atoms with Crippen LogP contribution in [0.5, 0.6) is 0 Å². The first-order valence-electron chi connectivity index (χ1n) is 5.81. The molecule has 1 aromatic heterocycles. The number of aromatic nitrogens is 1.